The Bertz CT molecular complexity index is 370. The van der Waals surface area contributed by atoms with Crippen molar-refractivity contribution in [1.29, 1.82) is 0 Å². The third-order valence-electron chi connectivity index (χ3n) is 3.40. The maximum absolute atomic E-state index is 12.6. The first-order valence-corrected chi connectivity index (χ1v) is 8.37. The molecule has 0 spiro atoms. The van der Waals surface area contributed by atoms with E-state index in [2.05, 4.69) is 27.7 Å². The number of hydrogen-bond acceptors (Lipinski definition) is 1. The van der Waals surface area contributed by atoms with Gasteiger partial charge in [0, 0.05) is 16.5 Å². The van der Waals surface area contributed by atoms with Crippen LogP contribution in [-0.4, -0.2) is 22.0 Å². The Morgan fingerprint density at radius 2 is 1.78 bits per heavy atom. The number of carbonyl (C=O) groups is 1. The van der Waals surface area contributed by atoms with Gasteiger partial charge in [0.25, 0.3) is 0 Å². The van der Waals surface area contributed by atoms with Gasteiger partial charge in [-0.3, -0.25) is 4.79 Å². The zero-order valence-corrected chi connectivity index (χ0v) is 12.8. The third-order valence-corrected chi connectivity index (χ3v) is 6.50. The van der Waals surface area contributed by atoms with E-state index in [-0.39, 0.29) is 15.6 Å². The molecule has 1 aromatic rings. The fourth-order valence-corrected chi connectivity index (χ4v) is 4.68. The zero-order chi connectivity index (χ0) is 13.6. The van der Waals surface area contributed by atoms with Crippen molar-refractivity contribution in [2.45, 2.75) is 45.3 Å². The van der Waals surface area contributed by atoms with Crippen LogP contribution in [0.3, 0.4) is 0 Å². The van der Waals surface area contributed by atoms with Gasteiger partial charge in [-0.2, -0.15) is 0 Å². The number of carbonyl (C=O) groups excluding carboxylic acids is 1. The Balaban J connectivity index is 2.86. The van der Waals surface area contributed by atoms with E-state index in [0.717, 1.165) is 11.3 Å². The highest BCUT2D eigenvalue weighted by atomic mass is 32.2. The Labute approximate surface area is 114 Å². The van der Waals surface area contributed by atoms with E-state index in [1.165, 1.54) is 18.6 Å². The molecule has 0 saturated carbocycles. The molecule has 100 valence electrons. The highest BCUT2D eigenvalue weighted by Gasteiger charge is 2.43. The van der Waals surface area contributed by atoms with Crippen LogP contribution in [0.1, 0.15) is 50.9 Å². The van der Waals surface area contributed by atoms with Crippen LogP contribution in [-0.2, 0) is 10.9 Å². The van der Waals surface area contributed by atoms with Crippen molar-refractivity contribution >= 4 is 16.7 Å². The molecule has 0 heterocycles. The maximum Gasteiger partial charge on any atom is 0.217 e. The highest BCUT2D eigenvalue weighted by Crippen LogP contribution is 2.26. The first-order chi connectivity index (χ1) is 8.54. The molecule has 1 unspecified atom stereocenters. The molecule has 0 radical (unpaired) electrons. The standard InChI is InChI=1S/C16H25OS/c1-5-7-13-18(6-2)16(3,4)15(17)14-11-9-8-10-12-14/h8-12H,5-7,13H2,1-4H3/q+1. The first kappa shape index (κ1) is 15.3. The van der Waals surface area contributed by atoms with Crippen LogP contribution in [0, 0.1) is 0 Å². The largest absolute Gasteiger partial charge is 0.288 e. The molecule has 0 fully saturated rings. The molecule has 0 aliphatic rings. The molecule has 0 aliphatic carbocycles. The van der Waals surface area contributed by atoms with Crippen LogP contribution in [0.2, 0.25) is 0 Å². The van der Waals surface area contributed by atoms with Gasteiger partial charge in [0.1, 0.15) is 11.5 Å². The van der Waals surface area contributed by atoms with Gasteiger partial charge in [-0.1, -0.05) is 43.7 Å². The van der Waals surface area contributed by atoms with E-state index in [1.54, 1.807) is 0 Å². The highest BCUT2D eigenvalue weighted by molar-refractivity contribution is 7.98. The van der Waals surface area contributed by atoms with E-state index in [9.17, 15) is 4.79 Å². The number of benzene rings is 1. The summed E-state index contributed by atoms with van der Waals surface area (Å²) in [4.78, 5) is 12.6. The monoisotopic (exact) mass is 265 g/mol. The summed E-state index contributed by atoms with van der Waals surface area (Å²) in [6, 6.07) is 9.71. The van der Waals surface area contributed by atoms with Crippen LogP contribution >= 0.6 is 0 Å². The Morgan fingerprint density at radius 3 is 2.28 bits per heavy atom. The lowest BCUT2D eigenvalue weighted by atomic mass is 10.0. The van der Waals surface area contributed by atoms with Gasteiger partial charge in [0.05, 0.1) is 0 Å². The number of Topliss-reactive ketones (excluding diaryl/α,β-unsaturated/α-hetero) is 1. The van der Waals surface area contributed by atoms with E-state index >= 15 is 0 Å². The smallest absolute Gasteiger partial charge is 0.217 e. The van der Waals surface area contributed by atoms with Gasteiger partial charge in [0.15, 0.2) is 4.75 Å². The van der Waals surface area contributed by atoms with Crippen molar-refractivity contribution < 1.29 is 4.79 Å². The molecule has 0 bridgehead atoms. The summed E-state index contributed by atoms with van der Waals surface area (Å²) in [7, 11) is 0.178. The van der Waals surface area contributed by atoms with Crippen molar-refractivity contribution in [1.82, 2.24) is 0 Å². The van der Waals surface area contributed by atoms with Gasteiger partial charge >= 0.3 is 0 Å². The predicted molar refractivity (Wildman–Crippen MR) is 82.5 cm³/mol. The molecule has 0 aliphatic heterocycles. The van der Waals surface area contributed by atoms with Crippen molar-refractivity contribution in [3.8, 4) is 0 Å². The lowest BCUT2D eigenvalue weighted by molar-refractivity contribution is 0.0956. The topological polar surface area (TPSA) is 17.1 Å². The number of rotatable bonds is 7. The molecule has 2 heteroatoms. The second-order valence-electron chi connectivity index (χ2n) is 5.04. The fraction of sp³-hybridized carbons (Fsp3) is 0.562. The summed E-state index contributed by atoms with van der Waals surface area (Å²) in [5.74, 6) is 2.58. The van der Waals surface area contributed by atoms with Crippen molar-refractivity contribution in [2.24, 2.45) is 0 Å². The van der Waals surface area contributed by atoms with Crippen molar-refractivity contribution in [3.05, 3.63) is 35.9 Å². The van der Waals surface area contributed by atoms with E-state index < -0.39 is 0 Å². The molecule has 1 nitrogen and oxygen atoms in total. The molecule has 0 amide bonds. The molecule has 0 aromatic heterocycles. The third kappa shape index (κ3) is 3.61. The summed E-state index contributed by atoms with van der Waals surface area (Å²) in [5.41, 5.74) is 0.852. The van der Waals surface area contributed by atoms with Crippen LogP contribution in [0.4, 0.5) is 0 Å². The molecular formula is C16H25OS+. The average molecular weight is 265 g/mol. The van der Waals surface area contributed by atoms with Crippen LogP contribution in [0.15, 0.2) is 30.3 Å². The predicted octanol–water partition coefficient (Wildman–Crippen LogP) is 4.09. The fourth-order valence-electron chi connectivity index (χ4n) is 2.15. The quantitative estimate of drug-likeness (QED) is 0.536. The van der Waals surface area contributed by atoms with Gasteiger partial charge < -0.3 is 0 Å². The SMILES string of the molecule is CCCC[S+](CC)C(C)(C)C(=O)c1ccccc1. The summed E-state index contributed by atoms with van der Waals surface area (Å²) in [5, 5.41) is 0. The van der Waals surface area contributed by atoms with E-state index in [1.807, 2.05) is 30.3 Å². The van der Waals surface area contributed by atoms with Gasteiger partial charge in [-0.15, -0.1) is 0 Å². The molecule has 1 aromatic carbocycles. The van der Waals surface area contributed by atoms with Crippen LogP contribution < -0.4 is 0 Å². The Morgan fingerprint density at radius 1 is 1.17 bits per heavy atom. The minimum Gasteiger partial charge on any atom is -0.288 e. The minimum atomic E-state index is -0.231. The second kappa shape index (κ2) is 6.98. The lowest BCUT2D eigenvalue weighted by Crippen LogP contribution is -2.43. The molecule has 0 saturated heterocycles. The Hall–Kier alpha value is -0.760. The first-order valence-electron chi connectivity index (χ1n) is 6.81. The van der Waals surface area contributed by atoms with Crippen LogP contribution in [0.25, 0.3) is 0 Å². The van der Waals surface area contributed by atoms with Crippen molar-refractivity contribution in [3.63, 3.8) is 0 Å². The van der Waals surface area contributed by atoms with Crippen molar-refractivity contribution in [2.75, 3.05) is 11.5 Å². The summed E-state index contributed by atoms with van der Waals surface area (Å²) < 4.78 is -0.231. The Kier molecular flexibility index (Phi) is 5.94. The lowest BCUT2D eigenvalue weighted by Gasteiger charge is -2.24. The normalized spacial score (nSPS) is 13.3. The van der Waals surface area contributed by atoms with E-state index in [4.69, 9.17) is 0 Å². The molecule has 18 heavy (non-hydrogen) atoms. The zero-order valence-electron chi connectivity index (χ0n) is 12.0. The average Bonchev–Trinajstić information content (AvgIpc) is 2.39. The molecule has 1 atom stereocenters. The number of ketones is 1. The summed E-state index contributed by atoms with van der Waals surface area (Å²) >= 11 is 0. The van der Waals surface area contributed by atoms with Crippen LogP contribution in [0.5, 0.6) is 0 Å². The summed E-state index contributed by atoms with van der Waals surface area (Å²) in [6.07, 6.45) is 2.43. The summed E-state index contributed by atoms with van der Waals surface area (Å²) in [6.45, 7) is 8.65. The number of unbranched alkanes of at least 4 members (excludes halogenated alkanes) is 1. The van der Waals surface area contributed by atoms with Gasteiger partial charge in [-0.05, 0) is 27.2 Å². The maximum atomic E-state index is 12.6. The molecular weight excluding hydrogens is 240 g/mol. The molecule has 0 N–H and O–H groups in total. The number of hydrogen-bond donors (Lipinski definition) is 0. The van der Waals surface area contributed by atoms with E-state index in [0.29, 0.717) is 5.78 Å². The molecule has 1 rings (SSSR count). The minimum absolute atomic E-state index is 0.178. The second-order valence-corrected chi connectivity index (χ2v) is 8.04. The van der Waals surface area contributed by atoms with Gasteiger partial charge in [-0.25, -0.2) is 0 Å². The van der Waals surface area contributed by atoms with Gasteiger partial charge in [0.2, 0.25) is 5.78 Å².